The van der Waals surface area contributed by atoms with E-state index in [1.807, 2.05) is 12.4 Å². The van der Waals surface area contributed by atoms with Gasteiger partial charge in [-0.15, -0.1) is 0 Å². The Hall–Kier alpha value is -1.20. The van der Waals surface area contributed by atoms with Gasteiger partial charge in [0.05, 0.1) is 12.6 Å². The lowest BCUT2D eigenvalue weighted by molar-refractivity contribution is -0.0367. The molecule has 0 amide bonds. The van der Waals surface area contributed by atoms with Gasteiger partial charge in [0.1, 0.15) is 6.10 Å². The number of rotatable bonds is 5. The molecule has 0 bridgehead atoms. The normalized spacial score (nSPS) is 23.9. The van der Waals surface area contributed by atoms with Crippen molar-refractivity contribution in [2.45, 2.75) is 38.3 Å². The van der Waals surface area contributed by atoms with Crippen LogP contribution in [0.3, 0.4) is 0 Å². The van der Waals surface area contributed by atoms with Gasteiger partial charge in [0.15, 0.2) is 0 Å². The van der Waals surface area contributed by atoms with Crippen molar-refractivity contribution in [2.75, 3.05) is 25.6 Å². The lowest BCUT2D eigenvalue weighted by Crippen LogP contribution is -2.43. The van der Waals surface area contributed by atoms with E-state index in [2.05, 4.69) is 22.2 Å². The van der Waals surface area contributed by atoms with E-state index < -0.39 is 0 Å². The molecule has 18 heavy (non-hydrogen) atoms. The molecule has 2 heterocycles. The molecule has 2 rings (SSSR count). The van der Waals surface area contributed by atoms with Crippen LogP contribution in [-0.2, 0) is 15.9 Å². The Balaban J connectivity index is 1.95. The molecule has 5 nitrogen and oxygen atoms in total. The van der Waals surface area contributed by atoms with Crippen molar-refractivity contribution in [1.82, 2.24) is 9.97 Å². The zero-order valence-electron chi connectivity index (χ0n) is 11.1. The molecule has 2 atom stereocenters. The number of hydrogen-bond donors (Lipinski definition) is 1. The highest BCUT2D eigenvalue weighted by Crippen LogP contribution is 2.14. The zero-order valence-corrected chi connectivity index (χ0v) is 11.1. The van der Waals surface area contributed by atoms with Gasteiger partial charge < -0.3 is 14.8 Å². The minimum Gasteiger partial charge on any atom is -0.379 e. The smallest absolute Gasteiger partial charge is 0.222 e. The minimum absolute atomic E-state index is 0.0673. The summed E-state index contributed by atoms with van der Waals surface area (Å²) in [6, 6.07) is 0.223. The van der Waals surface area contributed by atoms with Gasteiger partial charge in [0.2, 0.25) is 5.95 Å². The van der Waals surface area contributed by atoms with Crippen molar-refractivity contribution in [3.05, 3.63) is 18.0 Å². The summed E-state index contributed by atoms with van der Waals surface area (Å²) in [7, 11) is 1.71. The number of aryl methyl sites for hydroxylation is 1. The number of nitrogens with one attached hydrogen (secondary N) is 1. The van der Waals surface area contributed by atoms with Crippen LogP contribution in [0.4, 0.5) is 5.95 Å². The highest BCUT2D eigenvalue weighted by atomic mass is 16.5. The fraction of sp³-hybridized carbons (Fsp3) is 0.692. The Kier molecular flexibility index (Phi) is 4.90. The number of aromatic nitrogens is 2. The summed E-state index contributed by atoms with van der Waals surface area (Å²) in [5.41, 5.74) is 1.18. The van der Waals surface area contributed by atoms with Gasteiger partial charge in [-0.3, -0.25) is 0 Å². The summed E-state index contributed by atoms with van der Waals surface area (Å²) in [5.74, 6) is 0.670. The molecule has 0 spiro atoms. The molecule has 0 aromatic carbocycles. The molecule has 0 aliphatic carbocycles. The summed E-state index contributed by atoms with van der Waals surface area (Å²) in [6.07, 6.45) is 6.90. The third-order valence-electron chi connectivity index (χ3n) is 3.17. The molecule has 100 valence electrons. The molecule has 1 aromatic heterocycles. The highest BCUT2D eigenvalue weighted by Gasteiger charge is 2.25. The molecule has 5 heteroatoms. The predicted octanol–water partition coefficient (Wildman–Crippen LogP) is 1.64. The van der Waals surface area contributed by atoms with E-state index in [4.69, 9.17) is 9.47 Å². The molecule has 1 aliphatic rings. The van der Waals surface area contributed by atoms with E-state index in [-0.39, 0.29) is 12.1 Å². The second-order valence-corrected chi connectivity index (χ2v) is 4.55. The largest absolute Gasteiger partial charge is 0.379 e. The van der Waals surface area contributed by atoms with Crippen molar-refractivity contribution >= 4 is 5.95 Å². The van der Waals surface area contributed by atoms with E-state index in [0.29, 0.717) is 12.6 Å². The molecule has 1 aliphatic heterocycles. The summed E-state index contributed by atoms with van der Waals surface area (Å²) in [5, 5.41) is 3.32. The predicted molar refractivity (Wildman–Crippen MR) is 69.7 cm³/mol. The number of anilines is 1. The van der Waals surface area contributed by atoms with Crippen LogP contribution >= 0.6 is 0 Å². The fourth-order valence-corrected chi connectivity index (χ4v) is 2.12. The van der Waals surface area contributed by atoms with Crippen molar-refractivity contribution in [3.8, 4) is 0 Å². The maximum absolute atomic E-state index is 5.40. The Morgan fingerprint density at radius 3 is 2.89 bits per heavy atom. The Morgan fingerprint density at radius 1 is 1.44 bits per heavy atom. The minimum atomic E-state index is 0.0673. The molecule has 1 fully saturated rings. The number of nitrogens with zero attached hydrogens (tertiary/aromatic N) is 2. The molecular formula is C13H21N3O2. The van der Waals surface area contributed by atoms with Gasteiger partial charge in [-0.25, -0.2) is 9.97 Å². The summed E-state index contributed by atoms with van der Waals surface area (Å²) < 4.78 is 10.8. The van der Waals surface area contributed by atoms with Gasteiger partial charge in [0.25, 0.3) is 0 Å². The van der Waals surface area contributed by atoms with Crippen LogP contribution in [-0.4, -0.2) is 42.4 Å². The molecular weight excluding hydrogens is 230 g/mol. The van der Waals surface area contributed by atoms with Gasteiger partial charge in [-0.05, 0) is 18.4 Å². The van der Waals surface area contributed by atoms with Crippen molar-refractivity contribution in [1.29, 1.82) is 0 Å². The summed E-state index contributed by atoms with van der Waals surface area (Å²) in [6.45, 7) is 3.53. The first-order chi connectivity index (χ1) is 8.83. The van der Waals surface area contributed by atoms with Crippen LogP contribution in [0.1, 0.15) is 25.3 Å². The monoisotopic (exact) mass is 251 g/mol. The summed E-state index contributed by atoms with van der Waals surface area (Å²) >= 11 is 0. The molecule has 1 aromatic rings. The van der Waals surface area contributed by atoms with Gasteiger partial charge in [0, 0.05) is 26.1 Å². The number of methoxy groups -OCH3 is 1. The van der Waals surface area contributed by atoms with Crippen LogP contribution < -0.4 is 5.32 Å². The lowest BCUT2D eigenvalue weighted by Gasteiger charge is -2.30. The second-order valence-electron chi connectivity index (χ2n) is 4.55. The van der Waals surface area contributed by atoms with E-state index in [0.717, 1.165) is 25.9 Å². The van der Waals surface area contributed by atoms with Crippen LogP contribution in [0.2, 0.25) is 0 Å². The Labute approximate surface area is 108 Å². The standard InChI is InChI=1S/C13H21N3O2/c1-3-4-10-7-14-13(15-8-10)16-11-5-6-18-9-12(11)17-2/h7-8,11-12H,3-6,9H2,1-2H3,(H,14,15,16)/t11-,12-/m0/s1. The first-order valence-corrected chi connectivity index (χ1v) is 6.51. The topological polar surface area (TPSA) is 56.3 Å². The molecule has 0 radical (unpaired) electrons. The van der Waals surface area contributed by atoms with E-state index in [1.165, 1.54) is 5.56 Å². The second kappa shape index (κ2) is 6.66. The lowest BCUT2D eigenvalue weighted by atomic mass is 10.1. The number of hydrogen-bond acceptors (Lipinski definition) is 5. The van der Waals surface area contributed by atoms with E-state index in [9.17, 15) is 0 Å². The van der Waals surface area contributed by atoms with Crippen LogP contribution in [0.15, 0.2) is 12.4 Å². The molecule has 0 saturated carbocycles. The molecule has 1 saturated heterocycles. The first-order valence-electron chi connectivity index (χ1n) is 6.51. The van der Waals surface area contributed by atoms with Gasteiger partial charge in [-0.2, -0.15) is 0 Å². The maximum atomic E-state index is 5.40. The number of ether oxygens (including phenoxy) is 2. The van der Waals surface area contributed by atoms with Gasteiger partial charge >= 0.3 is 0 Å². The molecule has 1 N–H and O–H groups in total. The molecule has 0 unspecified atom stereocenters. The maximum Gasteiger partial charge on any atom is 0.222 e. The average molecular weight is 251 g/mol. The van der Waals surface area contributed by atoms with Crippen molar-refractivity contribution in [2.24, 2.45) is 0 Å². The fourth-order valence-electron chi connectivity index (χ4n) is 2.12. The third kappa shape index (κ3) is 3.40. The first kappa shape index (κ1) is 13.2. The quantitative estimate of drug-likeness (QED) is 0.862. The third-order valence-corrected chi connectivity index (χ3v) is 3.17. The Morgan fingerprint density at radius 2 is 2.22 bits per heavy atom. The van der Waals surface area contributed by atoms with Gasteiger partial charge in [-0.1, -0.05) is 13.3 Å². The highest BCUT2D eigenvalue weighted by molar-refractivity contribution is 5.27. The van der Waals surface area contributed by atoms with E-state index >= 15 is 0 Å². The van der Waals surface area contributed by atoms with Crippen molar-refractivity contribution in [3.63, 3.8) is 0 Å². The SMILES string of the molecule is CCCc1cnc(N[C@H]2CCOC[C@@H]2OC)nc1. The average Bonchev–Trinajstić information content (AvgIpc) is 2.42. The zero-order chi connectivity index (χ0) is 12.8. The van der Waals surface area contributed by atoms with E-state index in [1.54, 1.807) is 7.11 Å². The van der Waals surface area contributed by atoms with Crippen molar-refractivity contribution < 1.29 is 9.47 Å². The Bertz CT molecular complexity index is 356. The summed E-state index contributed by atoms with van der Waals surface area (Å²) in [4.78, 5) is 8.68. The van der Waals surface area contributed by atoms with Crippen LogP contribution in [0, 0.1) is 0 Å². The van der Waals surface area contributed by atoms with Crippen LogP contribution in [0.25, 0.3) is 0 Å². The van der Waals surface area contributed by atoms with Crippen LogP contribution in [0.5, 0.6) is 0 Å².